The molecule has 6 heteroatoms. The van der Waals surface area contributed by atoms with E-state index in [1.54, 1.807) is 11.0 Å². The number of carbonyl (C=O) groups is 2. The summed E-state index contributed by atoms with van der Waals surface area (Å²) >= 11 is 7.61. The van der Waals surface area contributed by atoms with Crippen molar-refractivity contribution in [2.24, 2.45) is 0 Å². The van der Waals surface area contributed by atoms with Gasteiger partial charge in [-0.15, -0.1) is 11.8 Å². The number of rotatable bonds is 5. The van der Waals surface area contributed by atoms with Gasteiger partial charge in [-0.25, -0.2) is 0 Å². The van der Waals surface area contributed by atoms with Crippen LogP contribution in [0.4, 0.5) is 5.69 Å². The summed E-state index contributed by atoms with van der Waals surface area (Å²) in [6, 6.07) is 16.5. The molecule has 1 atom stereocenters. The van der Waals surface area contributed by atoms with Gasteiger partial charge in [0, 0.05) is 11.4 Å². The number of nitrogens with one attached hydrogen (secondary N) is 1. The van der Waals surface area contributed by atoms with Gasteiger partial charge in [-0.1, -0.05) is 41.9 Å². The smallest absolute Gasteiger partial charge is 0.249 e. The average Bonchev–Trinajstić information content (AvgIpc) is 2.95. The van der Waals surface area contributed by atoms with Crippen LogP contribution in [0.2, 0.25) is 5.02 Å². The van der Waals surface area contributed by atoms with E-state index in [4.69, 9.17) is 11.6 Å². The fraction of sp³-hybridized carbons (Fsp3) is 0.222. The Hall–Kier alpha value is -1.98. The highest BCUT2D eigenvalue weighted by Gasteiger charge is 2.34. The topological polar surface area (TPSA) is 49.4 Å². The summed E-state index contributed by atoms with van der Waals surface area (Å²) in [5.41, 5.74) is 0.694. The SMILES string of the molecule is O=C(CSc1ccccc1)NC1CCN(c2ccccc2Cl)C1=O. The maximum absolute atomic E-state index is 12.5. The summed E-state index contributed by atoms with van der Waals surface area (Å²) in [5, 5.41) is 3.36. The molecule has 0 aromatic heterocycles. The summed E-state index contributed by atoms with van der Waals surface area (Å²) < 4.78 is 0. The number of thioether (sulfide) groups is 1. The van der Waals surface area contributed by atoms with Gasteiger partial charge in [0.25, 0.3) is 0 Å². The quantitative estimate of drug-likeness (QED) is 0.832. The van der Waals surface area contributed by atoms with Gasteiger partial charge in [0.05, 0.1) is 16.5 Å². The number of carbonyl (C=O) groups excluding carboxylic acids is 2. The zero-order valence-corrected chi connectivity index (χ0v) is 14.5. The van der Waals surface area contributed by atoms with Crippen LogP contribution >= 0.6 is 23.4 Å². The molecule has 3 rings (SSSR count). The van der Waals surface area contributed by atoms with E-state index in [2.05, 4.69) is 5.32 Å². The maximum Gasteiger partial charge on any atom is 0.249 e. The van der Waals surface area contributed by atoms with Crippen LogP contribution in [0.1, 0.15) is 6.42 Å². The maximum atomic E-state index is 12.5. The lowest BCUT2D eigenvalue weighted by Gasteiger charge is -2.18. The lowest BCUT2D eigenvalue weighted by Crippen LogP contribution is -2.42. The highest BCUT2D eigenvalue weighted by atomic mass is 35.5. The first-order chi connectivity index (χ1) is 11.6. The van der Waals surface area contributed by atoms with Gasteiger partial charge in [-0.2, -0.15) is 0 Å². The summed E-state index contributed by atoms with van der Waals surface area (Å²) in [6.45, 7) is 0.555. The van der Waals surface area contributed by atoms with E-state index < -0.39 is 6.04 Å². The Morgan fingerprint density at radius 2 is 1.88 bits per heavy atom. The molecule has 2 aromatic carbocycles. The van der Waals surface area contributed by atoms with Gasteiger partial charge in [0.1, 0.15) is 6.04 Å². The molecule has 24 heavy (non-hydrogen) atoms. The van der Waals surface area contributed by atoms with Crippen molar-refractivity contribution in [3.8, 4) is 0 Å². The van der Waals surface area contributed by atoms with Crippen molar-refractivity contribution in [3.05, 3.63) is 59.6 Å². The lowest BCUT2D eigenvalue weighted by atomic mass is 10.2. The third-order valence-corrected chi connectivity index (χ3v) is 5.13. The van der Waals surface area contributed by atoms with Gasteiger partial charge < -0.3 is 10.2 Å². The van der Waals surface area contributed by atoms with Crippen molar-refractivity contribution in [2.75, 3.05) is 17.2 Å². The predicted molar refractivity (Wildman–Crippen MR) is 97.5 cm³/mol. The molecule has 1 aliphatic heterocycles. The van der Waals surface area contributed by atoms with E-state index in [9.17, 15) is 9.59 Å². The van der Waals surface area contributed by atoms with Crippen molar-refractivity contribution >= 4 is 40.9 Å². The molecule has 2 amide bonds. The van der Waals surface area contributed by atoms with Crippen molar-refractivity contribution < 1.29 is 9.59 Å². The van der Waals surface area contributed by atoms with Crippen molar-refractivity contribution in [1.82, 2.24) is 5.32 Å². The molecule has 0 radical (unpaired) electrons. The first-order valence-electron chi connectivity index (χ1n) is 7.68. The van der Waals surface area contributed by atoms with Gasteiger partial charge >= 0.3 is 0 Å². The third-order valence-electron chi connectivity index (χ3n) is 3.80. The van der Waals surface area contributed by atoms with Gasteiger partial charge in [0.15, 0.2) is 0 Å². The summed E-state index contributed by atoms with van der Waals surface area (Å²) in [4.78, 5) is 27.3. The van der Waals surface area contributed by atoms with E-state index in [1.807, 2.05) is 48.5 Å². The summed E-state index contributed by atoms with van der Waals surface area (Å²) in [7, 11) is 0. The Morgan fingerprint density at radius 1 is 1.17 bits per heavy atom. The second-order valence-corrected chi connectivity index (χ2v) is 6.91. The molecule has 4 nitrogen and oxygen atoms in total. The Kier molecular flexibility index (Phi) is 5.43. The van der Waals surface area contributed by atoms with E-state index in [0.29, 0.717) is 29.4 Å². The predicted octanol–water partition coefficient (Wildman–Crippen LogP) is 3.35. The minimum absolute atomic E-state index is 0.110. The average molecular weight is 361 g/mol. The van der Waals surface area contributed by atoms with Crippen LogP contribution in [0, 0.1) is 0 Å². The minimum Gasteiger partial charge on any atom is -0.343 e. The van der Waals surface area contributed by atoms with Crippen LogP contribution in [0.5, 0.6) is 0 Å². The molecular formula is C18H17ClN2O2S. The van der Waals surface area contributed by atoms with Crippen LogP contribution < -0.4 is 10.2 Å². The first-order valence-corrected chi connectivity index (χ1v) is 9.04. The molecule has 1 N–H and O–H groups in total. The van der Waals surface area contributed by atoms with E-state index in [1.165, 1.54) is 11.8 Å². The molecular weight excluding hydrogens is 344 g/mol. The van der Waals surface area contributed by atoms with E-state index in [0.717, 1.165) is 4.90 Å². The number of amides is 2. The number of nitrogens with zero attached hydrogens (tertiary/aromatic N) is 1. The number of anilines is 1. The monoisotopic (exact) mass is 360 g/mol. The third kappa shape index (κ3) is 3.91. The van der Waals surface area contributed by atoms with Crippen LogP contribution in [0.3, 0.4) is 0 Å². The zero-order chi connectivity index (χ0) is 16.9. The van der Waals surface area contributed by atoms with Gasteiger partial charge in [-0.3, -0.25) is 9.59 Å². The number of benzene rings is 2. The first kappa shape index (κ1) is 16.9. The fourth-order valence-corrected chi connectivity index (χ4v) is 3.59. The largest absolute Gasteiger partial charge is 0.343 e. The summed E-state index contributed by atoms with van der Waals surface area (Å²) in [6.07, 6.45) is 0.589. The lowest BCUT2D eigenvalue weighted by molar-refractivity contribution is -0.124. The van der Waals surface area contributed by atoms with Crippen molar-refractivity contribution in [3.63, 3.8) is 0 Å². The van der Waals surface area contributed by atoms with Crippen molar-refractivity contribution in [1.29, 1.82) is 0 Å². The van der Waals surface area contributed by atoms with Crippen LogP contribution in [0.15, 0.2) is 59.5 Å². The Bertz CT molecular complexity index is 739. The van der Waals surface area contributed by atoms with E-state index in [-0.39, 0.29) is 11.8 Å². The van der Waals surface area contributed by atoms with Gasteiger partial charge in [0.2, 0.25) is 11.8 Å². The number of para-hydroxylation sites is 1. The molecule has 1 saturated heterocycles. The van der Waals surface area contributed by atoms with Crippen LogP contribution in [-0.2, 0) is 9.59 Å². The second kappa shape index (κ2) is 7.73. The highest BCUT2D eigenvalue weighted by molar-refractivity contribution is 8.00. The molecule has 1 fully saturated rings. The van der Waals surface area contributed by atoms with Crippen LogP contribution in [-0.4, -0.2) is 30.2 Å². The normalized spacial score (nSPS) is 17.1. The van der Waals surface area contributed by atoms with Gasteiger partial charge in [-0.05, 0) is 30.7 Å². The fourth-order valence-electron chi connectivity index (χ4n) is 2.63. The molecule has 0 aliphatic carbocycles. The number of hydrogen-bond acceptors (Lipinski definition) is 3. The molecule has 1 unspecified atom stereocenters. The minimum atomic E-state index is -0.481. The Balaban J connectivity index is 1.56. The summed E-state index contributed by atoms with van der Waals surface area (Å²) in [5.74, 6) is 0.0456. The molecule has 124 valence electrons. The Labute approximate surface area is 150 Å². The molecule has 2 aromatic rings. The van der Waals surface area contributed by atoms with Crippen LogP contribution in [0.25, 0.3) is 0 Å². The second-order valence-electron chi connectivity index (χ2n) is 5.45. The zero-order valence-electron chi connectivity index (χ0n) is 12.9. The molecule has 0 spiro atoms. The molecule has 1 heterocycles. The molecule has 1 aliphatic rings. The number of halogens is 1. The molecule has 0 bridgehead atoms. The van der Waals surface area contributed by atoms with E-state index >= 15 is 0 Å². The Morgan fingerprint density at radius 3 is 2.62 bits per heavy atom. The van der Waals surface area contributed by atoms with Crippen molar-refractivity contribution in [2.45, 2.75) is 17.4 Å². The number of hydrogen-bond donors (Lipinski definition) is 1. The standard InChI is InChI=1S/C18H17ClN2O2S/c19-14-8-4-5-9-16(14)21-11-10-15(18(21)23)20-17(22)12-24-13-6-2-1-3-7-13/h1-9,15H,10-12H2,(H,20,22). The highest BCUT2D eigenvalue weighted by Crippen LogP contribution is 2.29. The molecule has 0 saturated carbocycles.